The third-order valence-electron chi connectivity index (χ3n) is 4.82. The van der Waals surface area contributed by atoms with Gasteiger partial charge in [-0.3, -0.25) is 9.40 Å². The number of aryl methyl sites for hydroxylation is 1. The molecule has 4 heterocycles. The number of rotatable bonds is 7. The minimum atomic E-state index is -0.0569. The average Bonchev–Trinajstić information content (AvgIpc) is 3.36. The molecule has 2 aliphatic heterocycles. The van der Waals surface area contributed by atoms with E-state index >= 15 is 0 Å². The van der Waals surface area contributed by atoms with E-state index in [9.17, 15) is 0 Å². The fraction of sp³-hybridized carbons (Fsp3) is 0.632. The number of hydrogen-bond donors (Lipinski definition) is 3. The van der Waals surface area contributed by atoms with Crippen LogP contribution in [0.15, 0.2) is 18.6 Å². The van der Waals surface area contributed by atoms with Gasteiger partial charge in [0.15, 0.2) is 5.82 Å². The lowest BCUT2D eigenvalue weighted by Gasteiger charge is -2.21. The van der Waals surface area contributed by atoms with Crippen molar-refractivity contribution in [2.24, 2.45) is 12.5 Å². The van der Waals surface area contributed by atoms with Crippen LogP contribution in [0.5, 0.6) is 0 Å². The summed E-state index contributed by atoms with van der Waals surface area (Å²) in [7, 11) is 1.85. The van der Waals surface area contributed by atoms with Crippen molar-refractivity contribution in [1.29, 1.82) is 0 Å². The van der Waals surface area contributed by atoms with Crippen molar-refractivity contribution >= 4 is 41.0 Å². The summed E-state index contributed by atoms with van der Waals surface area (Å²) in [6.45, 7) is 7.83. The standard InChI is InChI=1S/C19H28ClN7O2S/c1-19(2,3)10-30-26-14-9-29-15-13(8-28-16(14)15)24-17-12(20)6-21-18(25-17)23-11-5-22-27(4)7-11/h5-7,13-16,26H,8-10H2,1-4H3,(H2,21,23,24,25). The molecule has 2 saturated heterocycles. The monoisotopic (exact) mass is 453 g/mol. The van der Waals surface area contributed by atoms with Crippen molar-refractivity contribution in [3.63, 3.8) is 0 Å². The third kappa shape index (κ3) is 5.17. The second kappa shape index (κ2) is 8.88. The van der Waals surface area contributed by atoms with Crippen molar-refractivity contribution in [3.05, 3.63) is 23.6 Å². The normalized spacial score (nSPS) is 26.0. The Morgan fingerprint density at radius 1 is 1.20 bits per heavy atom. The van der Waals surface area contributed by atoms with Crippen molar-refractivity contribution in [3.8, 4) is 0 Å². The first-order chi connectivity index (χ1) is 14.3. The van der Waals surface area contributed by atoms with Gasteiger partial charge in [-0.1, -0.05) is 44.3 Å². The third-order valence-corrected chi connectivity index (χ3v) is 6.58. The summed E-state index contributed by atoms with van der Waals surface area (Å²) in [5, 5.41) is 11.1. The van der Waals surface area contributed by atoms with E-state index in [1.807, 2.05) is 13.2 Å². The predicted octanol–water partition coefficient (Wildman–Crippen LogP) is 2.84. The number of nitrogens with one attached hydrogen (secondary N) is 3. The molecule has 0 radical (unpaired) electrons. The molecule has 2 aromatic rings. The van der Waals surface area contributed by atoms with Gasteiger partial charge >= 0.3 is 0 Å². The molecule has 4 unspecified atom stereocenters. The first-order valence-electron chi connectivity index (χ1n) is 9.94. The molecule has 2 aromatic heterocycles. The van der Waals surface area contributed by atoms with Crippen LogP contribution >= 0.6 is 23.5 Å². The summed E-state index contributed by atoms with van der Waals surface area (Å²) in [6, 6.07) is 0.130. The van der Waals surface area contributed by atoms with E-state index in [1.165, 1.54) is 0 Å². The number of ether oxygens (including phenoxy) is 2. The van der Waals surface area contributed by atoms with Crippen molar-refractivity contribution in [2.45, 2.75) is 45.1 Å². The highest BCUT2D eigenvalue weighted by Crippen LogP contribution is 2.32. The number of hydrogen-bond acceptors (Lipinski definition) is 9. The molecule has 2 fully saturated rings. The van der Waals surface area contributed by atoms with Crippen LogP contribution in [-0.2, 0) is 16.5 Å². The highest BCUT2D eigenvalue weighted by Gasteiger charge is 2.48. The molecule has 2 aliphatic rings. The largest absolute Gasteiger partial charge is 0.371 e. The molecule has 0 amide bonds. The zero-order valence-corrected chi connectivity index (χ0v) is 19.1. The summed E-state index contributed by atoms with van der Waals surface area (Å²) >= 11 is 8.07. The molecule has 0 spiro atoms. The molecule has 164 valence electrons. The lowest BCUT2D eigenvalue weighted by molar-refractivity contribution is 0.0692. The molecule has 0 aliphatic carbocycles. The van der Waals surface area contributed by atoms with Crippen LogP contribution < -0.4 is 15.4 Å². The Morgan fingerprint density at radius 3 is 2.63 bits per heavy atom. The maximum absolute atomic E-state index is 6.34. The fourth-order valence-electron chi connectivity index (χ4n) is 3.41. The van der Waals surface area contributed by atoms with Gasteiger partial charge in [-0.25, -0.2) is 4.98 Å². The molecule has 0 bridgehead atoms. The summed E-state index contributed by atoms with van der Waals surface area (Å²) < 4.78 is 17.3. The van der Waals surface area contributed by atoms with Gasteiger partial charge in [0.2, 0.25) is 5.95 Å². The number of fused-ring (bicyclic) bond motifs is 1. The number of aromatic nitrogens is 4. The highest BCUT2D eigenvalue weighted by molar-refractivity contribution is 7.97. The van der Waals surface area contributed by atoms with Crippen molar-refractivity contribution in [1.82, 2.24) is 24.5 Å². The summed E-state index contributed by atoms with van der Waals surface area (Å²) in [5.74, 6) is 2.01. The summed E-state index contributed by atoms with van der Waals surface area (Å²) in [6.07, 6.45) is 5.07. The predicted molar refractivity (Wildman–Crippen MR) is 119 cm³/mol. The smallest absolute Gasteiger partial charge is 0.229 e. The Kier molecular flexibility index (Phi) is 6.40. The van der Waals surface area contributed by atoms with E-state index in [0.29, 0.717) is 30.0 Å². The molecular formula is C19H28ClN7O2S. The maximum atomic E-state index is 6.34. The summed E-state index contributed by atoms with van der Waals surface area (Å²) in [5.41, 5.74) is 1.07. The first-order valence-corrected chi connectivity index (χ1v) is 11.3. The highest BCUT2D eigenvalue weighted by atomic mass is 35.5. The van der Waals surface area contributed by atoms with Crippen LogP contribution in [0.1, 0.15) is 20.8 Å². The van der Waals surface area contributed by atoms with Crippen LogP contribution in [-0.4, -0.2) is 63.0 Å². The molecule has 9 nitrogen and oxygen atoms in total. The van der Waals surface area contributed by atoms with Gasteiger partial charge in [0, 0.05) is 19.0 Å². The van der Waals surface area contributed by atoms with Gasteiger partial charge in [-0.05, 0) is 5.41 Å². The zero-order chi connectivity index (χ0) is 21.3. The average molecular weight is 454 g/mol. The van der Waals surface area contributed by atoms with Crippen molar-refractivity contribution < 1.29 is 9.47 Å². The Hall–Kier alpha value is -1.59. The van der Waals surface area contributed by atoms with Crippen LogP contribution in [0.3, 0.4) is 0 Å². The summed E-state index contributed by atoms with van der Waals surface area (Å²) in [4.78, 5) is 8.76. The van der Waals surface area contributed by atoms with Gasteiger partial charge in [-0.2, -0.15) is 10.1 Å². The zero-order valence-electron chi connectivity index (χ0n) is 17.6. The molecular weight excluding hydrogens is 426 g/mol. The first kappa shape index (κ1) is 21.6. The molecule has 30 heavy (non-hydrogen) atoms. The van der Waals surface area contributed by atoms with E-state index in [0.717, 1.165) is 11.4 Å². The van der Waals surface area contributed by atoms with Crippen molar-refractivity contribution in [2.75, 3.05) is 29.6 Å². The molecule has 11 heteroatoms. The van der Waals surface area contributed by atoms with E-state index in [-0.39, 0.29) is 29.7 Å². The van der Waals surface area contributed by atoms with Crippen LogP contribution in [0.4, 0.5) is 17.5 Å². The van der Waals surface area contributed by atoms with Gasteiger partial charge in [0.25, 0.3) is 0 Å². The molecule has 3 N–H and O–H groups in total. The molecule has 4 atom stereocenters. The minimum Gasteiger partial charge on any atom is -0.371 e. The Labute approximate surface area is 185 Å². The van der Waals surface area contributed by atoms with Crippen LogP contribution in [0.2, 0.25) is 5.02 Å². The van der Waals surface area contributed by atoms with E-state index in [4.69, 9.17) is 21.1 Å². The van der Waals surface area contributed by atoms with Gasteiger partial charge in [0.05, 0.1) is 43.4 Å². The second-order valence-electron chi connectivity index (χ2n) is 8.84. The number of halogens is 1. The lowest BCUT2D eigenvalue weighted by Crippen LogP contribution is -2.40. The van der Waals surface area contributed by atoms with Crippen LogP contribution in [0, 0.1) is 5.41 Å². The molecule has 0 saturated carbocycles. The molecule has 0 aromatic carbocycles. The van der Waals surface area contributed by atoms with E-state index in [1.54, 1.807) is 29.0 Å². The van der Waals surface area contributed by atoms with Gasteiger partial charge < -0.3 is 20.1 Å². The Balaban J connectivity index is 1.36. The SMILES string of the molecule is Cn1cc(Nc2ncc(Cl)c(NC3COC4C(NSCC(C)(C)C)COC34)n2)cn1. The van der Waals surface area contributed by atoms with Crippen LogP contribution in [0.25, 0.3) is 0 Å². The fourth-order valence-corrected chi connectivity index (χ4v) is 4.49. The Bertz CT molecular complexity index is 875. The van der Waals surface area contributed by atoms with E-state index in [2.05, 4.69) is 51.2 Å². The topological polar surface area (TPSA) is 98.2 Å². The van der Waals surface area contributed by atoms with Gasteiger partial charge in [-0.15, -0.1) is 0 Å². The second-order valence-corrected chi connectivity index (χ2v) is 10.1. The van der Waals surface area contributed by atoms with Gasteiger partial charge in [0.1, 0.15) is 17.2 Å². The van der Waals surface area contributed by atoms with E-state index < -0.39 is 0 Å². The lowest BCUT2D eigenvalue weighted by atomic mass is 10.0. The quantitative estimate of drug-likeness (QED) is 0.546. The molecule has 4 rings (SSSR count). The Morgan fingerprint density at radius 2 is 1.93 bits per heavy atom. The minimum absolute atomic E-state index is 0.00331. The number of anilines is 3. The number of nitrogens with zero attached hydrogens (tertiary/aromatic N) is 4. The maximum Gasteiger partial charge on any atom is 0.229 e.